The monoisotopic (exact) mass is 189 g/mol. The topological polar surface area (TPSA) is 26.3 Å². The molecule has 0 bridgehead atoms. The molecule has 1 rings (SSSR count). The molecule has 0 fully saturated rings. The third-order valence-corrected chi connectivity index (χ3v) is 1.86. The summed E-state index contributed by atoms with van der Waals surface area (Å²) in [6, 6.07) is 6.53. The predicted molar refractivity (Wildman–Crippen MR) is 55.2 cm³/mol. The van der Waals surface area contributed by atoms with Crippen molar-refractivity contribution >= 4 is 5.97 Å². The summed E-state index contributed by atoms with van der Waals surface area (Å²) in [6.45, 7) is 8.91. The molecule has 0 aliphatic carbocycles. The maximum Gasteiger partial charge on any atom is 0.338 e. The van der Waals surface area contributed by atoms with E-state index < -0.39 is 0 Å². The van der Waals surface area contributed by atoms with Gasteiger partial charge >= 0.3 is 5.97 Å². The molecule has 0 unspecified atom stereocenters. The molecule has 0 saturated heterocycles. The number of esters is 1. The Morgan fingerprint density at radius 1 is 1.36 bits per heavy atom. The number of benzene rings is 1. The van der Waals surface area contributed by atoms with E-state index >= 15 is 0 Å². The Balaban J connectivity index is 2.97. The zero-order valence-electron chi connectivity index (χ0n) is 8.68. The fourth-order valence-corrected chi connectivity index (χ4v) is 1.07. The second-order valence-corrected chi connectivity index (χ2v) is 3.32. The largest absolute Gasteiger partial charge is 0.423 e. The van der Waals surface area contributed by atoms with Gasteiger partial charge < -0.3 is 4.74 Å². The van der Waals surface area contributed by atoms with Gasteiger partial charge in [0.2, 0.25) is 0 Å². The molecule has 1 aromatic carbocycles. The van der Waals surface area contributed by atoms with Crippen molar-refractivity contribution < 1.29 is 9.53 Å². The lowest BCUT2D eigenvalue weighted by Gasteiger charge is -2.09. The molecule has 14 heavy (non-hydrogen) atoms. The van der Waals surface area contributed by atoms with Gasteiger partial charge in [-0.1, -0.05) is 6.58 Å². The molecule has 0 N–H and O–H groups in total. The number of hydrogen-bond acceptors (Lipinski definition) is 2. The van der Waals surface area contributed by atoms with E-state index in [1.807, 2.05) is 13.8 Å². The third-order valence-electron chi connectivity index (χ3n) is 1.86. The van der Waals surface area contributed by atoms with Crippen LogP contribution in [0.2, 0.25) is 0 Å². The Bertz CT molecular complexity index is 358. The zero-order valence-corrected chi connectivity index (χ0v) is 8.68. The average molecular weight is 189 g/mol. The first-order chi connectivity index (χ1) is 6.52. The van der Waals surface area contributed by atoms with Crippen molar-refractivity contribution in [2.24, 2.45) is 0 Å². The van der Waals surface area contributed by atoms with Crippen LogP contribution in [0.15, 0.2) is 24.3 Å². The molecular weight excluding hydrogens is 176 g/mol. The fraction of sp³-hybridized carbons (Fsp3) is 0.250. The Morgan fingerprint density at radius 2 is 1.86 bits per heavy atom. The van der Waals surface area contributed by atoms with Crippen LogP contribution in [0.4, 0.5) is 0 Å². The molecular formula is C12H13O2. The Labute approximate surface area is 84.2 Å². The van der Waals surface area contributed by atoms with Gasteiger partial charge in [-0.25, -0.2) is 4.79 Å². The quantitative estimate of drug-likeness (QED) is 0.406. The highest BCUT2D eigenvalue weighted by atomic mass is 16.5. The van der Waals surface area contributed by atoms with Crippen LogP contribution < -0.4 is 4.74 Å². The molecule has 0 aliphatic rings. The van der Waals surface area contributed by atoms with Crippen molar-refractivity contribution in [2.45, 2.75) is 20.8 Å². The summed E-state index contributed by atoms with van der Waals surface area (Å²) in [5.74, 6) is 0.221. The summed E-state index contributed by atoms with van der Waals surface area (Å²) in [4.78, 5) is 11.3. The van der Waals surface area contributed by atoms with Crippen LogP contribution in [0.3, 0.4) is 0 Å². The zero-order chi connectivity index (χ0) is 10.7. The van der Waals surface area contributed by atoms with Crippen LogP contribution >= 0.6 is 0 Å². The standard InChI is InChI=1S/C12H13O2/c1-8(2)12(13)14-11-9(3)6-5-7-10(11)4/h6-7H,1H2,2-4H3. The van der Waals surface area contributed by atoms with Gasteiger partial charge in [0, 0.05) is 5.57 Å². The van der Waals surface area contributed by atoms with Gasteiger partial charge in [-0.05, 0) is 50.1 Å². The Kier molecular flexibility index (Phi) is 3.07. The highest BCUT2D eigenvalue weighted by molar-refractivity contribution is 5.89. The lowest BCUT2D eigenvalue weighted by molar-refractivity contribution is -0.130. The van der Waals surface area contributed by atoms with Crippen molar-refractivity contribution in [3.8, 4) is 5.75 Å². The van der Waals surface area contributed by atoms with E-state index in [9.17, 15) is 4.79 Å². The minimum Gasteiger partial charge on any atom is -0.423 e. The van der Waals surface area contributed by atoms with Crippen molar-refractivity contribution in [3.63, 3.8) is 0 Å². The maximum atomic E-state index is 11.3. The van der Waals surface area contributed by atoms with Gasteiger partial charge in [-0.2, -0.15) is 0 Å². The molecule has 1 radical (unpaired) electrons. The van der Waals surface area contributed by atoms with Crippen molar-refractivity contribution in [3.05, 3.63) is 41.5 Å². The van der Waals surface area contributed by atoms with E-state index in [-0.39, 0.29) is 5.97 Å². The molecule has 0 saturated carbocycles. The molecule has 0 aliphatic heterocycles. The fourth-order valence-electron chi connectivity index (χ4n) is 1.07. The minimum absolute atomic E-state index is 0.387. The van der Waals surface area contributed by atoms with Crippen LogP contribution in [0.5, 0.6) is 5.75 Å². The summed E-state index contributed by atoms with van der Waals surface area (Å²) in [6.07, 6.45) is 0. The summed E-state index contributed by atoms with van der Waals surface area (Å²) < 4.78 is 5.18. The number of carbonyl (C=O) groups is 1. The number of hydrogen-bond donors (Lipinski definition) is 0. The number of carbonyl (C=O) groups excluding carboxylic acids is 1. The third kappa shape index (κ3) is 2.22. The highest BCUT2D eigenvalue weighted by Gasteiger charge is 2.09. The van der Waals surface area contributed by atoms with Crippen molar-refractivity contribution in [2.75, 3.05) is 0 Å². The average Bonchev–Trinajstić information content (AvgIpc) is 2.11. The van der Waals surface area contributed by atoms with Crippen molar-refractivity contribution in [1.82, 2.24) is 0 Å². The maximum absolute atomic E-state index is 11.3. The van der Waals surface area contributed by atoms with Crippen LogP contribution in [0, 0.1) is 19.9 Å². The number of aryl methyl sites for hydroxylation is 2. The second kappa shape index (κ2) is 4.09. The van der Waals surface area contributed by atoms with Gasteiger partial charge in [-0.3, -0.25) is 0 Å². The Hall–Kier alpha value is -1.57. The summed E-state index contributed by atoms with van der Waals surface area (Å²) >= 11 is 0. The van der Waals surface area contributed by atoms with Gasteiger partial charge in [0.15, 0.2) is 0 Å². The first-order valence-corrected chi connectivity index (χ1v) is 4.37. The van der Waals surface area contributed by atoms with Crippen LogP contribution in [-0.4, -0.2) is 5.97 Å². The molecule has 2 heteroatoms. The van der Waals surface area contributed by atoms with E-state index in [2.05, 4.69) is 12.6 Å². The lowest BCUT2D eigenvalue weighted by Crippen LogP contribution is -2.10. The van der Waals surface area contributed by atoms with E-state index in [4.69, 9.17) is 4.74 Å². The summed E-state index contributed by atoms with van der Waals surface area (Å²) in [5.41, 5.74) is 2.20. The number of rotatable bonds is 2. The molecule has 0 spiro atoms. The normalized spacial score (nSPS) is 9.64. The minimum atomic E-state index is -0.387. The van der Waals surface area contributed by atoms with Gasteiger partial charge in [0.05, 0.1) is 0 Å². The Morgan fingerprint density at radius 3 is 2.29 bits per heavy atom. The number of ether oxygens (including phenoxy) is 1. The molecule has 0 atom stereocenters. The molecule has 73 valence electrons. The van der Waals surface area contributed by atoms with Crippen LogP contribution in [0.25, 0.3) is 0 Å². The SMILES string of the molecule is C=C(C)C(=O)Oc1c(C)c[c]cc1C. The van der Waals surface area contributed by atoms with Crippen LogP contribution in [0.1, 0.15) is 18.1 Å². The molecule has 0 heterocycles. The van der Waals surface area contributed by atoms with E-state index in [1.54, 1.807) is 19.1 Å². The van der Waals surface area contributed by atoms with Gasteiger partial charge in [0.25, 0.3) is 0 Å². The first kappa shape index (κ1) is 10.5. The predicted octanol–water partition coefficient (Wildman–Crippen LogP) is 2.59. The first-order valence-electron chi connectivity index (χ1n) is 4.37. The van der Waals surface area contributed by atoms with Crippen LogP contribution in [-0.2, 0) is 4.79 Å². The van der Waals surface area contributed by atoms with E-state index in [0.717, 1.165) is 11.1 Å². The summed E-state index contributed by atoms with van der Waals surface area (Å²) in [7, 11) is 0. The highest BCUT2D eigenvalue weighted by Crippen LogP contribution is 2.22. The molecule has 0 amide bonds. The smallest absolute Gasteiger partial charge is 0.338 e. The van der Waals surface area contributed by atoms with E-state index in [0.29, 0.717) is 11.3 Å². The van der Waals surface area contributed by atoms with Gasteiger partial charge in [0.1, 0.15) is 5.75 Å². The molecule has 0 aromatic heterocycles. The van der Waals surface area contributed by atoms with E-state index in [1.165, 1.54) is 0 Å². The molecule has 1 aromatic rings. The molecule has 2 nitrogen and oxygen atoms in total. The van der Waals surface area contributed by atoms with Crippen molar-refractivity contribution in [1.29, 1.82) is 0 Å². The second-order valence-electron chi connectivity index (χ2n) is 3.32. The lowest BCUT2D eigenvalue weighted by atomic mass is 10.1. The van der Waals surface area contributed by atoms with Gasteiger partial charge in [-0.15, -0.1) is 0 Å². The summed E-state index contributed by atoms with van der Waals surface area (Å²) in [5, 5.41) is 0.